The van der Waals surface area contributed by atoms with Crippen molar-refractivity contribution < 1.29 is 9.47 Å². The minimum absolute atomic E-state index is 0.493. The molecule has 0 saturated carbocycles. The Morgan fingerprint density at radius 2 is 2.05 bits per heavy atom. The van der Waals surface area contributed by atoms with Gasteiger partial charge in [-0.3, -0.25) is 0 Å². The molecule has 2 aliphatic heterocycles. The molecule has 0 spiro atoms. The van der Waals surface area contributed by atoms with E-state index in [1.54, 1.807) is 0 Å². The van der Waals surface area contributed by atoms with Crippen LogP contribution in [0.15, 0.2) is 18.2 Å². The Morgan fingerprint density at radius 1 is 1.29 bits per heavy atom. The second-order valence-electron chi connectivity index (χ2n) is 6.23. The van der Waals surface area contributed by atoms with Crippen LogP contribution in [0.3, 0.4) is 0 Å². The van der Waals surface area contributed by atoms with Gasteiger partial charge in [0.2, 0.25) is 0 Å². The lowest BCUT2D eigenvalue weighted by molar-refractivity contribution is 0.171. The number of piperazine rings is 1. The molecular formula is C17H26N2O2. The van der Waals surface area contributed by atoms with Crippen LogP contribution in [0.5, 0.6) is 11.5 Å². The third kappa shape index (κ3) is 2.95. The Kier molecular flexibility index (Phi) is 4.24. The summed E-state index contributed by atoms with van der Waals surface area (Å²) in [7, 11) is 0. The largest absolute Gasteiger partial charge is 0.486 e. The van der Waals surface area contributed by atoms with Crippen LogP contribution in [-0.4, -0.2) is 38.4 Å². The van der Waals surface area contributed by atoms with Crippen LogP contribution in [0.1, 0.15) is 27.2 Å². The molecule has 1 N–H and O–H groups in total. The second kappa shape index (κ2) is 6.14. The Labute approximate surface area is 127 Å². The number of fused-ring (bicyclic) bond motifs is 1. The Balaban J connectivity index is 1.80. The van der Waals surface area contributed by atoms with Crippen molar-refractivity contribution in [2.75, 3.05) is 31.2 Å². The summed E-state index contributed by atoms with van der Waals surface area (Å²) in [4.78, 5) is 2.49. The highest BCUT2D eigenvalue weighted by atomic mass is 16.6. The first-order valence-corrected chi connectivity index (χ1v) is 8.08. The van der Waals surface area contributed by atoms with Crippen molar-refractivity contribution >= 4 is 5.69 Å². The molecule has 2 aliphatic rings. The number of nitrogens with one attached hydrogen (secondary N) is 1. The number of benzene rings is 1. The smallest absolute Gasteiger partial charge is 0.163 e. The fourth-order valence-electron chi connectivity index (χ4n) is 3.12. The van der Waals surface area contributed by atoms with E-state index in [1.165, 1.54) is 12.1 Å². The van der Waals surface area contributed by atoms with Crippen LogP contribution in [-0.2, 0) is 0 Å². The SMILES string of the molecule is CCC(C)C1CN(c2ccc3c(c2)OCCO3)C(C)CN1. The predicted molar refractivity (Wildman–Crippen MR) is 85.5 cm³/mol. The molecule has 0 radical (unpaired) electrons. The molecule has 3 rings (SSSR count). The van der Waals surface area contributed by atoms with E-state index < -0.39 is 0 Å². The average Bonchev–Trinajstić information content (AvgIpc) is 2.54. The summed E-state index contributed by atoms with van der Waals surface area (Å²) in [6.45, 7) is 10.2. The Morgan fingerprint density at radius 3 is 2.81 bits per heavy atom. The van der Waals surface area contributed by atoms with Gasteiger partial charge in [-0.2, -0.15) is 0 Å². The topological polar surface area (TPSA) is 33.7 Å². The van der Waals surface area contributed by atoms with Crippen LogP contribution in [0.4, 0.5) is 5.69 Å². The van der Waals surface area contributed by atoms with Gasteiger partial charge in [-0.05, 0) is 25.0 Å². The Hall–Kier alpha value is -1.42. The number of rotatable bonds is 3. The van der Waals surface area contributed by atoms with Gasteiger partial charge in [0.15, 0.2) is 11.5 Å². The molecule has 0 aromatic heterocycles. The number of hydrogen-bond acceptors (Lipinski definition) is 4. The van der Waals surface area contributed by atoms with Crippen molar-refractivity contribution in [2.24, 2.45) is 5.92 Å². The first-order chi connectivity index (χ1) is 10.2. The van der Waals surface area contributed by atoms with Crippen molar-refractivity contribution in [3.05, 3.63) is 18.2 Å². The van der Waals surface area contributed by atoms with Gasteiger partial charge in [0.1, 0.15) is 13.2 Å². The summed E-state index contributed by atoms with van der Waals surface area (Å²) >= 11 is 0. The standard InChI is InChI=1S/C17H26N2O2/c1-4-12(2)15-11-19(13(3)10-18-15)14-5-6-16-17(9-14)21-8-7-20-16/h5-6,9,12-13,15,18H,4,7-8,10-11H2,1-3H3. The highest BCUT2D eigenvalue weighted by molar-refractivity contribution is 5.57. The summed E-state index contributed by atoms with van der Waals surface area (Å²) in [5.74, 6) is 2.44. The molecule has 3 unspecified atom stereocenters. The minimum Gasteiger partial charge on any atom is -0.486 e. The number of anilines is 1. The molecule has 1 aromatic carbocycles. The van der Waals surface area contributed by atoms with Gasteiger partial charge < -0.3 is 19.7 Å². The van der Waals surface area contributed by atoms with Crippen LogP contribution in [0, 0.1) is 5.92 Å². The average molecular weight is 290 g/mol. The predicted octanol–water partition coefficient (Wildman–Crippen LogP) is 2.67. The maximum atomic E-state index is 5.72. The van der Waals surface area contributed by atoms with Gasteiger partial charge in [-0.1, -0.05) is 20.3 Å². The van der Waals surface area contributed by atoms with E-state index in [0.29, 0.717) is 31.2 Å². The summed E-state index contributed by atoms with van der Waals surface area (Å²) in [6.07, 6.45) is 1.21. The van der Waals surface area contributed by atoms with Crippen LogP contribution in [0.25, 0.3) is 0 Å². The van der Waals surface area contributed by atoms with Gasteiger partial charge in [-0.15, -0.1) is 0 Å². The fraction of sp³-hybridized carbons (Fsp3) is 0.647. The number of ether oxygens (including phenoxy) is 2. The fourth-order valence-corrected chi connectivity index (χ4v) is 3.12. The molecule has 1 aromatic rings. The maximum absolute atomic E-state index is 5.72. The molecule has 4 nitrogen and oxygen atoms in total. The molecule has 0 amide bonds. The van der Waals surface area contributed by atoms with Crippen molar-refractivity contribution in [1.82, 2.24) is 5.32 Å². The van der Waals surface area contributed by atoms with E-state index in [1.807, 2.05) is 6.07 Å². The molecule has 1 saturated heterocycles. The van der Waals surface area contributed by atoms with Gasteiger partial charge in [-0.25, -0.2) is 0 Å². The van der Waals surface area contributed by atoms with E-state index in [-0.39, 0.29) is 0 Å². The van der Waals surface area contributed by atoms with Crippen molar-refractivity contribution in [3.8, 4) is 11.5 Å². The summed E-state index contributed by atoms with van der Waals surface area (Å²) in [5.41, 5.74) is 1.24. The number of hydrogen-bond donors (Lipinski definition) is 1. The highest BCUT2D eigenvalue weighted by Crippen LogP contribution is 2.35. The molecule has 4 heteroatoms. The zero-order valence-electron chi connectivity index (χ0n) is 13.3. The van der Waals surface area contributed by atoms with E-state index >= 15 is 0 Å². The van der Waals surface area contributed by atoms with Crippen molar-refractivity contribution in [2.45, 2.75) is 39.3 Å². The first kappa shape index (κ1) is 14.5. The molecule has 1 fully saturated rings. The van der Waals surface area contributed by atoms with Gasteiger partial charge >= 0.3 is 0 Å². The minimum atomic E-state index is 0.493. The number of nitrogens with zero attached hydrogens (tertiary/aromatic N) is 1. The van der Waals surface area contributed by atoms with Gasteiger partial charge in [0, 0.05) is 36.9 Å². The highest BCUT2D eigenvalue weighted by Gasteiger charge is 2.28. The van der Waals surface area contributed by atoms with E-state index in [0.717, 1.165) is 24.6 Å². The Bertz CT molecular complexity index is 492. The van der Waals surface area contributed by atoms with E-state index in [4.69, 9.17) is 9.47 Å². The van der Waals surface area contributed by atoms with Crippen molar-refractivity contribution in [1.29, 1.82) is 0 Å². The van der Waals surface area contributed by atoms with E-state index in [2.05, 4.69) is 43.1 Å². The lowest BCUT2D eigenvalue weighted by Crippen LogP contribution is -2.57. The third-order valence-electron chi connectivity index (χ3n) is 4.79. The summed E-state index contributed by atoms with van der Waals surface area (Å²) in [6, 6.07) is 7.37. The zero-order valence-corrected chi connectivity index (χ0v) is 13.3. The maximum Gasteiger partial charge on any atom is 0.163 e. The lowest BCUT2D eigenvalue weighted by atomic mass is 9.95. The van der Waals surface area contributed by atoms with Gasteiger partial charge in [0.25, 0.3) is 0 Å². The molecule has 3 atom stereocenters. The second-order valence-corrected chi connectivity index (χ2v) is 6.23. The summed E-state index contributed by atoms with van der Waals surface area (Å²) in [5, 5.41) is 3.68. The lowest BCUT2D eigenvalue weighted by Gasteiger charge is -2.42. The van der Waals surface area contributed by atoms with Crippen molar-refractivity contribution in [3.63, 3.8) is 0 Å². The monoisotopic (exact) mass is 290 g/mol. The molecule has 0 aliphatic carbocycles. The molecule has 0 bridgehead atoms. The van der Waals surface area contributed by atoms with Crippen LogP contribution >= 0.6 is 0 Å². The molecular weight excluding hydrogens is 264 g/mol. The molecule has 2 heterocycles. The van der Waals surface area contributed by atoms with Gasteiger partial charge in [0.05, 0.1) is 0 Å². The third-order valence-corrected chi connectivity index (χ3v) is 4.79. The summed E-state index contributed by atoms with van der Waals surface area (Å²) < 4.78 is 11.3. The molecule has 21 heavy (non-hydrogen) atoms. The van der Waals surface area contributed by atoms with E-state index in [9.17, 15) is 0 Å². The zero-order chi connectivity index (χ0) is 14.8. The first-order valence-electron chi connectivity index (χ1n) is 8.08. The van der Waals surface area contributed by atoms with Crippen LogP contribution < -0.4 is 19.7 Å². The normalized spacial score (nSPS) is 26.5. The molecule has 116 valence electrons. The van der Waals surface area contributed by atoms with Crippen LogP contribution in [0.2, 0.25) is 0 Å². The quantitative estimate of drug-likeness (QED) is 0.928.